The molecule has 4 rings (SSSR count). The number of ether oxygens (including phenoxy) is 3. The Morgan fingerprint density at radius 2 is 1.87 bits per heavy atom. The van der Waals surface area contributed by atoms with Crippen molar-refractivity contribution in [2.24, 2.45) is 4.99 Å². The van der Waals surface area contributed by atoms with Crippen LogP contribution in [0.5, 0.6) is 17.2 Å². The summed E-state index contributed by atoms with van der Waals surface area (Å²) in [6.07, 6.45) is 1.35. The molecular weight excluding hydrogens is 662 g/mol. The van der Waals surface area contributed by atoms with Gasteiger partial charge in [-0.1, -0.05) is 27.3 Å². The molecule has 1 aliphatic heterocycles. The van der Waals surface area contributed by atoms with Crippen LogP contribution in [0.1, 0.15) is 31.0 Å². The number of halogens is 2. The van der Waals surface area contributed by atoms with Crippen molar-refractivity contribution in [3.05, 3.63) is 85.4 Å². The maximum Gasteiger partial charge on any atom is 0.338 e. The fourth-order valence-electron chi connectivity index (χ4n) is 4.13. The summed E-state index contributed by atoms with van der Waals surface area (Å²) in [4.78, 5) is 42.5. The van der Waals surface area contributed by atoms with Crippen LogP contribution in [-0.4, -0.2) is 41.4 Å². The van der Waals surface area contributed by atoms with Gasteiger partial charge in [0.25, 0.3) is 11.2 Å². The smallest absolute Gasteiger partial charge is 0.338 e. The van der Waals surface area contributed by atoms with Gasteiger partial charge in [-0.2, -0.15) is 0 Å². The first-order valence-electron chi connectivity index (χ1n) is 11.3. The van der Waals surface area contributed by atoms with Gasteiger partial charge in [-0.25, -0.2) is 9.79 Å². The van der Waals surface area contributed by atoms with Crippen molar-refractivity contribution in [3.8, 4) is 17.2 Å². The van der Waals surface area contributed by atoms with E-state index in [0.717, 1.165) is 23.5 Å². The standard InChI is InChI=1S/C25H21Br2N3O8S/c1-5-38-24(33)20-11(2)28-25-29(21(20)14-9-17(36-3)18(37-4)10-15(14)26)23(32)19(39-25)7-12-6-13(30(34)35)8-16(27)22(12)31/h6-10,21,31H,5H2,1-4H3/b19-7-/t21-/m0/s1. The number of carbonyl (C=O) groups excluding carboxylic acids is 1. The van der Waals surface area contributed by atoms with Crippen molar-refractivity contribution in [2.45, 2.75) is 19.9 Å². The number of aromatic nitrogens is 1. The van der Waals surface area contributed by atoms with Crippen molar-refractivity contribution in [1.29, 1.82) is 0 Å². The van der Waals surface area contributed by atoms with E-state index in [0.29, 0.717) is 27.2 Å². The summed E-state index contributed by atoms with van der Waals surface area (Å²) < 4.78 is 18.3. The first-order chi connectivity index (χ1) is 18.5. The van der Waals surface area contributed by atoms with Crippen LogP contribution in [0.4, 0.5) is 5.69 Å². The zero-order valence-corrected chi connectivity index (χ0v) is 25.0. The van der Waals surface area contributed by atoms with E-state index in [1.165, 1.54) is 24.9 Å². The average molecular weight is 683 g/mol. The van der Waals surface area contributed by atoms with Crippen molar-refractivity contribution >= 4 is 60.9 Å². The number of nitrogens with zero attached hydrogens (tertiary/aromatic N) is 3. The molecule has 0 radical (unpaired) electrons. The van der Waals surface area contributed by atoms with Crippen LogP contribution < -0.4 is 24.4 Å². The number of allylic oxidation sites excluding steroid dienone is 1. The third kappa shape index (κ3) is 5.23. The largest absolute Gasteiger partial charge is 0.506 e. The SMILES string of the molecule is CCOC(=O)C1=C(C)N=c2s/c(=C\c3cc([N+](=O)[O-])cc(Br)c3O)c(=O)n2[C@H]1c1cc(OC)c(OC)cc1Br. The Balaban J connectivity index is 2.04. The highest BCUT2D eigenvalue weighted by atomic mass is 79.9. The predicted octanol–water partition coefficient (Wildman–Crippen LogP) is 3.95. The van der Waals surface area contributed by atoms with E-state index in [9.17, 15) is 24.8 Å². The van der Waals surface area contributed by atoms with Gasteiger partial charge in [0.15, 0.2) is 16.3 Å². The van der Waals surface area contributed by atoms with Crippen molar-refractivity contribution < 1.29 is 29.0 Å². The van der Waals surface area contributed by atoms with Crippen LogP contribution in [-0.2, 0) is 9.53 Å². The Bertz CT molecular complexity index is 1730. The molecule has 0 spiro atoms. The number of nitro groups is 1. The minimum atomic E-state index is -0.956. The number of benzene rings is 2. The number of fused-ring (bicyclic) bond motifs is 1. The van der Waals surface area contributed by atoms with Crippen LogP contribution >= 0.6 is 43.2 Å². The molecule has 14 heteroatoms. The molecular formula is C25H21Br2N3O8S. The number of hydrogen-bond acceptors (Lipinski definition) is 10. The van der Waals surface area contributed by atoms with E-state index in [2.05, 4.69) is 36.9 Å². The van der Waals surface area contributed by atoms with Crippen LogP contribution in [0, 0.1) is 10.1 Å². The lowest BCUT2D eigenvalue weighted by molar-refractivity contribution is -0.385. The molecule has 1 N–H and O–H groups in total. The number of non-ortho nitro benzene ring substituents is 1. The number of rotatable bonds is 7. The molecule has 0 bridgehead atoms. The van der Waals surface area contributed by atoms with E-state index in [4.69, 9.17) is 14.2 Å². The van der Waals surface area contributed by atoms with Crippen LogP contribution in [0.2, 0.25) is 0 Å². The Morgan fingerprint density at radius 3 is 2.49 bits per heavy atom. The summed E-state index contributed by atoms with van der Waals surface area (Å²) in [5.74, 6) is -0.0957. The van der Waals surface area contributed by atoms with Gasteiger partial charge in [0.05, 0.1) is 52.1 Å². The van der Waals surface area contributed by atoms with Gasteiger partial charge in [-0.15, -0.1) is 0 Å². The normalized spacial score (nSPS) is 15.0. The second-order valence-electron chi connectivity index (χ2n) is 8.15. The average Bonchev–Trinajstić information content (AvgIpc) is 3.19. The maximum atomic E-state index is 13.8. The van der Waals surface area contributed by atoms with Crippen molar-refractivity contribution in [3.63, 3.8) is 0 Å². The summed E-state index contributed by atoms with van der Waals surface area (Å²) in [5.41, 5.74) is 0.289. The summed E-state index contributed by atoms with van der Waals surface area (Å²) in [6.45, 7) is 3.43. The monoisotopic (exact) mass is 681 g/mol. The molecule has 11 nitrogen and oxygen atoms in total. The molecule has 0 saturated heterocycles. The highest BCUT2D eigenvalue weighted by molar-refractivity contribution is 9.10. The number of nitro benzene ring substituents is 1. The highest BCUT2D eigenvalue weighted by Crippen LogP contribution is 2.41. The molecule has 0 aliphatic carbocycles. The summed E-state index contributed by atoms with van der Waals surface area (Å²) in [6, 6.07) is 4.70. The third-order valence-corrected chi connectivity index (χ3v) is 8.16. The number of methoxy groups -OCH3 is 2. The van der Waals surface area contributed by atoms with E-state index in [-0.39, 0.29) is 43.0 Å². The summed E-state index contributed by atoms with van der Waals surface area (Å²) >= 11 is 7.66. The molecule has 0 fully saturated rings. The topological polar surface area (TPSA) is 142 Å². The quantitative estimate of drug-likeness (QED) is 0.224. The van der Waals surface area contributed by atoms with Gasteiger partial charge in [0.2, 0.25) is 0 Å². The van der Waals surface area contributed by atoms with Gasteiger partial charge in [-0.05, 0) is 53.5 Å². The first kappa shape index (κ1) is 28.5. The van der Waals surface area contributed by atoms with E-state index >= 15 is 0 Å². The molecule has 1 aromatic heterocycles. The lowest BCUT2D eigenvalue weighted by atomic mass is 9.95. The molecule has 2 aromatic carbocycles. The Kier molecular flexibility index (Phi) is 8.28. The fourth-order valence-corrected chi connectivity index (χ4v) is 6.17. The number of phenolic OH excluding ortho intramolecular Hbond substituents is 1. The van der Waals surface area contributed by atoms with Crippen LogP contribution in [0.25, 0.3) is 6.08 Å². The molecule has 3 aromatic rings. The molecule has 1 aliphatic rings. The Morgan fingerprint density at radius 1 is 1.21 bits per heavy atom. The van der Waals surface area contributed by atoms with Gasteiger partial charge in [-0.3, -0.25) is 19.5 Å². The van der Waals surface area contributed by atoms with Gasteiger partial charge in [0.1, 0.15) is 5.75 Å². The second kappa shape index (κ2) is 11.3. The van der Waals surface area contributed by atoms with E-state index < -0.39 is 22.5 Å². The predicted molar refractivity (Wildman–Crippen MR) is 150 cm³/mol. The van der Waals surface area contributed by atoms with Crippen molar-refractivity contribution in [2.75, 3.05) is 20.8 Å². The molecule has 0 unspecified atom stereocenters. The van der Waals surface area contributed by atoms with Crippen LogP contribution in [0.3, 0.4) is 0 Å². The summed E-state index contributed by atoms with van der Waals surface area (Å²) in [5, 5.41) is 21.9. The number of esters is 1. The first-order valence-corrected chi connectivity index (χ1v) is 13.7. The molecule has 0 saturated carbocycles. The molecule has 39 heavy (non-hydrogen) atoms. The number of thiazole rings is 1. The van der Waals surface area contributed by atoms with Crippen molar-refractivity contribution in [1.82, 2.24) is 4.57 Å². The number of phenols is 1. The Labute approximate surface area is 242 Å². The zero-order chi connectivity index (χ0) is 28.6. The number of carbonyl (C=O) groups is 1. The van der Waals surface area contributed by atoms with Gasteiger partial charge in [0, 0.05) is 22.2 Å². The summed E-state index contributed by atoms with van der Waals surface area (Å²) in [7, 11) is 2.96. The van der Waals surface area contributed by atoms with E-state index in [1.807, 2.05) is 0 Å². The second-order valence-corrected chi connectivity index (χ2v) is 10.9. The molecule has 2 heterocycles. The maximum absolute atomic E-state index is 13.8. The van der Waals surface area contributed by atoms with E-state index in [1.54, 1.807) is 26.0 Å². The third-order valence-electron chi connectivity index (χ3n) is 5.89. The lowest BCUT2D eigenvalue weighted by Crippen LogP contribution is -2.40. The van der Waals surface area contributed by atoms with Crippen LogP contribution in [0.15, 0.2) is 54.3 Å². The molecule has 0 amide bonds. The van der Waals surface area contributed by atoms with Gasteiger partial charge >= 0.3 is 5.97 Å². The lowest BCUT2D eigenvalue weighted by Gasteiger charge is -2.26. The minimum Gasteiger partial charge on any atom is -0.506 e. The molecule has 1 atom stereocenters. The number of hydrogen-bond donors (Lipinski definition) is 1. The minimum absolute atomic E-state index is 0.0616. The zero-order valence-electron chi connectivity index (χ0n) is 21.0. The molecule has 204 valence electrons. The Hall–Kier alpha value is -3.49. The fraction of sp³-hybridized carbons (Fsp3) is 0.240. The number of aromatic hydroxyl groups is 1. The van der Waals surface area contributed by atoms with Gasteiger partial charge < -0.3 is 19.3 Å². The highest BCUT2D eigenvalue weighted by Gasteiger charge is 2.35.